The minimum Gasteiger partial charge on any atom is -0.460 e. The zero-order valence-electron chi connectivity index (χ0n) is 11.2. The second kappa shape index (κ2) is 5.79. The van der Waals surface area contributed by atoms with Gasteiger partial charge >= 0.3 is 5.97 Å². The number of rotatable bonds is 6. The summed E-state index contributed by atoms with van der Waals surface area (Å²) in [4.78, 5) is 11.9. The quantitative estimate of drug-likeness (QED) is 0.574. The van der Waals surface area contributed by atoms with Gasteiger partial charge in [0.05, 0.1) is 12.0 Å². The van der Waals surface area contributed by atoms with E-state index in [1.165, 1.54) is 0 Å². The molecule has 0 spiro atoms. The molecule has 0 rings (SSSR count). The second-order valence-corrected chi connectivity index (χ2v) is 9.38. The molecule has 0 aromatic heterocycles. The number of hydrogen-bond donors (Lipinski definition) is 1. The molecule has 0 aliphatic heterocycles. The number of aliphatic hydroxyl groups is 1. The highest BCUT2D eigenvalue weighted by Gasteiger charge is 2.38. The molecule has 1 atom stereocenters. The van der Waals surface area contributed by atoms with E-state index in [0.29, 0.717) is 6.42 Å². The van der Waals surface area contributed by atoms with Crippen molar-refractivity contribution in [2.24, 2.45) is 5.41 Å². The molecule has 96 valence electrons. The SMILES string of the molecule is CCC(C)(C)C(=O)OC(CO)[Si](C)(C)OC. The smallest absolute Gasteiger partial charge is 0.311 e. The van der Waals surface area contributed by atoms with Crippen LogP contribution in [0.3, 0.4) is 0 Å². The molecule has 0 aromatic carbocycles. The Morgan fingerprint density at radius 1 is 1.44 bits per heavy atom. The van der Waals surface area contributed by atoms with E-state index in [9.17, 15) is 9.90 Å². The van der Waals surface area contributed by atoms with Gasteiger partial charge in [0.25, 0.3) is 0 Å². The van der Waals surface area contributed by atoms with E-state index in [2.05, 4.69) is 0 Å². The van der Waals surface area contributed by atoms with Crippen molar-refractivity contribution in [3.8, 4) is 0 Å². The second-order valence-electron chi connectivity index (χ2n) is 5.12. The minimum absolute atomic E-state index is 0.182. The largest absolute Gasteiger partial charge is 0.460 e. The standard InChI is InChI=1S/C11H24O4Si/c1-7-11(2,3)10(13)15-9(8-12)16(5,6)14-4/h9,12H,7-8H2,1-6H3. The van der Waals surface area contributed by atoms with Gasteiger partial charge in [0.2, 0.25) is 8.32 Å². The molecule has 0 bridgehead atoms. The van der Waals surface area contributed by atoms with Gasteiger partial charge in [0.15, 0.2) is 0 Å². The van der Waals surface area contributed by atoms with Gasteiger partial charge in [-0.25, -0.2) is 0 Å². The number of carbonyl (C=O) groups is 1. The van der Waals surface area contributed by atoms with Crippen LogP contribution in [0.1, 0.15) is 27.2 Å². The molecular weight excluding hydrogens is 224 g/mol. The van der Waals surface area contributed by atoms with Crippen LogP contribution in [0, 0.1) is 5.41 Å². The summed E-state index contributed by atoms with van der Waals surface area (Å²) in [6.07, 6.45) is 0.707. The summed E-state index contributed by atoms with van der Waals surface area (Å²) >= 11 is 0. The van der Waals surface area contributed by atoms with Gasteiger partial charge in [-0.1, -0.05) is 6.92 Å². The number of carbonyl (C=O) groups excluding carboxylic acids is 1. The summed E-state index contributed by atoms with van der Waals surface area (Å²) in [5.41, 5.74) is -1.01. The Kier molecular flexibility index (Phi) is 5.65. The lowest BCUT2D eigenvalue weighted by Gasteiger charge is -2.31. The summed E-state index contributed by atoms with van der Waals surface area (Å²) < 4.78 is 10.7. The van der Waals surface area contributed by atoms with Crippen molar-refractivity contribution in [3.63, 3.8) is 0 Å². The molecule has 0 radical (unpaired) electrons. The van der Waals surface area contributed by atoms with Gasteiger partial charge < -0.3 is 14.3 Å². The fourth-order valence-electron chi connectivity index (χ4n) is 0.964. The molecule has 0 aliphatic carbocycles. The van der Waals surface area contributed by atoms with E-state index in [1.807, 2.05) is 33.9 Å². The maximum absolute atomic E-state index is 11.9. The van der Waals surface area contributed by atoms with E-state index in [1.54, 1.807) is 7.11 Å². The van der Waals surface area contributed by atoms with Gasteiger partial charge in [0.1, 0.15) is 5.73 Å². The van der Waals surface area contributed by atoms with Crippen LogP contribution in [0.15, 0.2) is 0 Å². The molecule has 0 aliphatic rings. The van der Waals surface area contributed by atoms with Crippen molar-refractivity contribution >= 4 is 14.3 Å². The Morgan fingerprint density at radius 3 is 2.25 bits per heavy atom. The maximum Gasteiger partial charge on any atom is 0.311 e. The Labute approximate surface area is 99.1 Å². The lowest BCUT2D eigenvalue weighted by molar-refractivity contribution is -0.158. The predicted molar refractivity (Wildman–Crippen MR) is 65.5 cm³/mol. The highest BCUT2D eigenvalue weighted by molar-refractivity contribution is 6.72. The first-order chi connectivity index (χ1) is 7.21. The Morgan fingerprint density at radius 2 is 1.94 bits per heavy atom. The summed E-state index contributed by atoms with van der Waals surface area (Å²) in [5, 5.41) is 9.26. The zero-order chi connectivity index (χ0) is 13.0. The lowest BCUT2D eigenvalue weighted by atomic mass is 9.91. The van der Waals surface area contributed by atoms with Crippen LogP contribution in [0.25, 0.3) is 0 Å². The van der Waals surface area contributed by atoms with Crippen molar-refractivity contribution in [2.45, 2.75) is 46.0 Å². The third kappa shape index (κ3) is 3.88. The molecule has 0 saturated heterocycles. The number of aliphatic hydroxyl groups excluding tert-OH is 1. The van der Waals surface area contributed by atoms with Crippen LogP contribution in [0.4, 0.5) is 0 Å². The first-order valence-electron chi connectivity index (χ1n) is 5.58. The normalized spacial score (nSPS) is 14.7. The highest BCUT2D eigenvalue weighted by atomic mass is 28.4. The number of hydrogen-bond acceptors (Lipinski definition) is 4. The van der Waals surface area contributed by atoms with Gasteiger partial charge in [-0.2, -0.15) is 0 Å². The van der Waals surface area contributed by atoms with Crippen LogP contribution in [-0.2, 0) is 14.0 Å². The molecule has 16 heavy (non-hydrogen) atoms. The van der Waals surface area contributed by atoms with E-state index in [-0.39, 0.29) is 12.6 Å². The Balaban J connectivity index is 4.63. The average molecular weight is 248 g/mol. The summed E-state index contributed by atoms with van der Waals surface area (Å²) in [6, 6.07) is 0. The summed E-state index contributed by atoms with van der Waals surface area (Å²) in [5.74, 6) is -0.272. The van der Waals surface area contributed by atoms with Crippen molar-refractivity contribution in [2.75, 3.05) is 13.7 Å². The first-order valence-corrected chi connectivity index (χ1v) is 8.57. The lowest BCUT2D eigenvalue weighted by Crippen LogP contribution is -2.50. The fraction of sp³-hybridized carbons (Fsp3) is 0.909. The third-order valence-corrected chi connectivity index (χ3v) is 6.06. The van der Waals surface area contributed by atoms with Gasteiger partial charge in [0, 0.05) is 7.11 Å². The van der Waals surface area contributed by atoms with Crippen LogP contribution in [-0.4, -0.2) is 38.8 Å². The van der Waals surface area contributed by atoms with Crippen molar-refractivity contribution in [1.82, 2.24) is 0 Å². The molecule has 0 aromatic rings. The minimum atomic E-state index is -2.15. The van der Waals surface area contributed by atoms with Crippen LogP contribution in [0.2, 0.25) is 13.1 Å². The van der Waals surface area contributed by atoms with Gasteiger partial charge in [-0.15, -0.1) is 0 Å². The molecule has 1 N–H and O–H groups in total. The third-order valence-electron chi connectivity index (χ3n) is 3.15. The molecule has 0 saturated carbocycles. The highest BCUT2D eigenvalue weighted by Crippen LogP contribution is 2.24. The van der Waals surface area contributed by atoms with Crippen molar-refractivity contribution < 1.29 is 19.1 Å². The van der Waals surface area contributed by atoms with Gasteiger partial charge in [-0.05, 0) is 33.4 Å². The van der Waals surface area contributed by atoms with E-state index >= 15 is 0 Å². The molecule has 5 heteroatoms. The summed E-state index contributed by atoms with van der Waals surface area (Å²) in [7, 11) is -0.563. The molecule has 0 heterocycles. The van der Waals surface area contributed by atoms with E-state index < -0.39 is 19.5 Å². The summed E-state index contributed by atoms with van der Waals surface area (Å²) in [6.45, 7) is 9.27. The van der Waals surface area contributed by atoms with E-state index in [0.717, 1.165) is 0 Å². The first kappa shape index (κ1) is 15.6. The Hall–Kier alpha value is -0.393. The van der Waals surface area contributed by atoms with Crippen molar-refractivity contribution in [3.05, 3.63) is 0 Å². The zero-order valence-corrected chi connectivity index (χ0v) is 12.2. The van der Waals surface area contributed by atoms with Crippen LogP contribution in [0.5, 0.6) is 0 Å². The van der Waals surface area contributed by atoms with E-state index in [4.69, 9.17) is 9.16 Å². The molecule has 0 amide bonds. The number of ether oxygens (including phenoxy) is 1. The fourth-order valence-corrected chi connectivity index (χ4v) is 2.06. The van der Waals surface area contributed by atoms with Gasteiger partial charge in [-0.3, -0.25) is 4.79 Å². The topological polar surface area (TPSA) is 55.8 Å². The monoisotopic (exact) mass is 248 g/mol. The average Bonchev–Trinajstić information content (AvgIpc) is 2.24. The molecular formula is C11H24O4Si. The Bertz CT molecular complexity index is 238. The predicted octanol–water partition coefficient (Wildman–Crippen LogP) is 1.72. The van der Waals surface area contributed by atoms with Crippen LogP contribution < -0.4 is 0 Å². The molecule has 4 nitrogen and oxygen atoms in total. The van der Waals surface area contributed by atoms with Crippen LogP contribution >= 0.6 is 0 Å². The maximum atomic E-state index is 11.9. The van der Waals surface area contributed by atoms with Crippen molar-refractivity contribution in [1.29, 1.82) is 0 Å². The number of esters is 1. The molecule has 1 unspecified atom stereocenters. The molecule has 0 fully saturated rings.